The number of ether oxygens (including phenoxy) is 1. The van der Waals surface area contributed by atoms with Gasteiger partial charge in [-0.05, 0) is 67.3 Å². The summed E-state index contributed by atoms with van der Waals surface area (Å²) < 4.78 is 5.51. The Morgan fingerprint density at radius 2 is 1.57 bits per heavy atom. The van der Waals surface area contributed by atoms with Crippen LogP contribution in [-0.2, 0) is 4.74 Å². The molecule has 4 heteroatoms. The molecular formula is C26H28N2O2. The lowest BCUT2D eigenvalue weighted by molar-refractivity contribution is 0.0893. The van der Waals surface area contributed by atoms with Crippen LogP contribution in [0.2, 0.25) is 0 Å². The van der Waals surface area contributed by atoms with Gasteiger partial charge in [0.2, 0.25) is 0 Å². The van der Waals surface area contributed by atoms with Gasteiger partial charge in [0.15, 0.2) is 0 Å². The first-order valence-electron chi connectivity index (χ1n) is 10.5. The first-order chi connectivity index (χ1) is 14.6. The summed E-state index contributed by atoms with van der Waals surface area (Å²) in [5, 5.41) is 2.99. The summed E-state index contributed by atoms with van der Waals surface area (Å²) >= 11 is 0. The van der Waals surface area contributed by atoms with Gasteiger partial charge >= 0.3 is 0 Å². The highest BCUT2D eigenvalue weighted by Gasteiger charge is 2.19. The summed E-state index contributed by atoms with van der Waals surface area (Å²) in [4.78, 5) is 15.0. The average molecular weight is 401 g/mol. The minimum atomic E-state index is -0.101. The molecule has 1 N–H and O–H groups in total. The van der Waals surface area contributed by atoms with E-state index < -0.39 is 0 Å². The van der Waals surface area contributed by atoms with Gasteiger partial charge < -0.3 is 15.0 Å². The Morgan fingerprint density at radius 1 is 0.933 bits per heavy atom. The first-order valence-corrected chi connectivity index (χ1v) is 10.5. The maximum absolute atomic E-state index is 12.6. The van der Waals surface area contributed by atoms with Crippen LogP contribution >= 0.6 is 0 Å². The van der Waals surface area contributed by atoms with E-state index in [9.17, 15) is 4.79 Å². The summed E-state index contributed by atoms with van der Waals surface area (Å²) in [6.45, 7) is 4.03. The van der Waals surface area contributed by atoms with Crippen LogP contribution in [0, 0.1) is 6.92 Å². The number of anilines is 2. The van der Waals surface area contributed by atoms with Crippen molar-refractivity contribution in [1.29, 1.82) is 0 Å². The fourth-order valence-corrected chi connectivity index (χ4v) is 3.88. The van der Waals surface area contributed by atoms with Gasteiger partial charge in [-0.15, -0.1) is 0 Å². The Kier molecular flexibility index (Phi) is 6.15. The Balaban J connectivity index is 1.39. The van der Waals surface area contributed by atoms with Crippen molar-refractivity contribution < 1.29 is 9.53 Å². The number of nitrogens with one attached hydrogen (secondary N) is 1. The Labute approximate surface area is 178 Å². The lowest BCUT2D eigenvalue weighted by Crippen LogP contribution is -2.39. The maximum atomic E-state index is 12.6. The first kappa shape index (κ1) is 20.2. The smallest absolute Gasteiger partial charge is 0.255 e. The number of rotatable bonds is 5. The molecule has 1 aliphatic rings. The number of piperidine rings is 1. The molecule has 1 amide bonds. The number of hydrogen-bond acceptors (Lipinski definition) is 3. The van der Waals surface area contributed by atoms with Gasteiger partial charge in [0.25, 0.3) is 5.91 Å². The molecule has 0 aliphatic carbocycles. The van der Waals surface area contributed by atoms with Crippen LogP contribution in [0.3, 0.4) is 0 Å². The zero-order valence-electron chi connectivity index (χ0n) is 17.6. The van der Waals surface area contributed by atoms with Gasteiger partial charge in [-0.1, -0.05) is 42.0 Å². The third-order valence-electron chi connectivity index (χ3n) is 5.73. The number of aryl methyl sites for hydroxylation is 1. The van der Waals surface area contributed by atoms with Crippen LogP contribution in [0.1, 0.15) is 28.8 Å². The lowest BCUT2D eigenvalue weighted by atomic mass is 10.0. The van der Waals surface area contributed by atoms with Crippen LogP contribution in [0.4, 0.5) is 11.4 Å². The number of carbonyl (C=O) groups excluding carboxylic acids is 1. The lowest BCUT2D eigenvalue weighted by Gasteiger charge is -2.33. The highest BCUT2D eigenvalue weighted by molar-refractivity contribution is 6.04. The molecule has 1 atom stereocenters. The molecule has 1 saturated heterocycles. The van der Waals surface area contributed by atoms with Gasteiger partial charge in [-0.3, -0.25) is 4.79 Å². The normalized spacial score (nSPS) is 16.3. The minimum Gasteiger partial charge on any atom is -0.380 e. The minimum absolute atomic E-state index is 0.101. The fraction of sp³-hybridized carbons (Fsp3) is 0.269. The van der Waals surface area contributed by atoms with Crippen molar-refractivity contribution in [3.05, 3.63) is 83.9 Å². The molecule has 1 aliphatic heterocycles. The van der Waals surface area contributed by atoms with Crippen molar-refractivity contribution in [2.45, 2.75) is 25.9 Å². The molecule has 3 aromatic rings. The number of hydrogen-bond donors (Lipinski definition) is 1. The van der Waals surface area contributed by atoms with Crippen molar-refractivity contribution in [2.75, 3.05) is 30.4 Å². The molecule has 0 aromatic heterocycles. The number of benzene rings is 3. The van der Waals surface area contributed by atoms with E-state index in [2.05, 4.69) is 53.5 Å². The van der Waals surface area contributed by atoms with Gasteiger partial charge in [-0.2, -0.15) is 0 Å². The van der Waals surface area contributed by atoms with Gasteiger partial charge in [-0.25, -0.2) is 0 Å². The largest absolute Gasteiger partial charge is 0.380 e. The van der Waals surface area contributed by atoms with Crippen molar-refractivity contribution in [3.63, 3.8) is 0 Å². The van der Waals surface area contributed by atoms with Crippen LogP contribution in [-0.4, -0.2) is 32.2 Å². The Morgan fingerprint density at radius 3 is 2.20 bits per heavy atom. The molecule has 0 bridgehead atoms. The monoisotopic (exact) mass is 400 g/mol. The molecule has 4 rings (SSSR count). The second-order valence-corrected chi connectivity index (χ2v) is 7.89. The molecule has 1 unspecified atom stereocenters. The topological polar surface area (TPSA) is 41.6 Å². The molecule has 0 spiro atoms. The Bertz CT molecular complexity index is 979. The summed E-state index contributed by atoms with van der Waals surface area (Å²) in [7, 11) is 1.78. The zero-order chi connectivity index (χ0) is 20.9. The van der Waals surface area contributed by atoms with Crippen molar-refractivity contribution >= 4 is 17.3 Å². The van der Waals surface area contributed by atoms with Crippen molar-refractivity contribution in [1.82, 2.24) is 0 Å². The molecule has 3 aromatic carbocycles. The number of carbonyl (C=O) groups is 1. The summed E-state index contributed by atoms with van der Waals surface area (Å²) in [5.41, 5.74) is 6.10. The fourth-order valence-electron chi connectivity index (χ4n) is 3.88. The van der Waals surface area contributed by atoms with Gasteiger partial charge in [0.05, 0.1) is 6.10 Å². The standard InChI is InChI=1S/C26H28N2O2/c1-19-5-7-20(8-6-19)21-9-11-22(12-10-21)26(29)27-23-13-15-24(16-14-23)28-17-3-4-25(18-28)30-2/h5-16,25H,3-4,17-18H2,1-2H3,(H,27,29). The van der Waals surface area contributed by atoms with Crippen molar-refractivity contribution in [2.24, 2.45) is 0 Å². The second-order valence-electron chi connectivity index (χ2n) is 7.89. The number of methoxy groups -OCH3 is 1. The third kappa shape index (κ3) is 4.71. The van der Waals surface area contributed by atoms with E-state index in [-0.39, 0.29) is 5.91 Å². The van der Waals surface area contributed by atoms with E-state index in [0.717, 1.165) is 48.4 Å². The third-order valence-corrected chi connectivity index (χ3v) is 5.73. The van der Waals surface area contributed by atoms with Gasteiger partial charge in [0, 0.05) is 37.1 Å². The van der Waals surface area contributed by atoms with Crippen LogP contribution in [0.15, 0.2) is 72.8 Å². The number of amides is 1. The van der Waals surface area contributed by atoms with E-state index in [0.29, 0.717) is 11.7 Å². The van der Waals surface area contributed by atoms with Crippen LogP contribution in [0.25, 0.3) is 11.1 Å². The summed E-state index contributed by atoms with van der Waals surface area (Å²) in [5.74, 6) is -0.101. The molecule has 0 radical (unpaired) electrons. The SMILES string of the molecule is COC1CCCN(c2ccc(NC(=O)c3ccc(-c4ccc(C)cc4)cc3)cc2)C1. The summed E-state index contributed by atoms with van der Waals surface area (Å²) in [6.07, 6.45) is 2.54. The van der Waals surface area contributed by atoms with Crippen molar-refractivity contribution in [3.8, 4) is 11.1 Å². The van der Waals surface area contributed by atoms with Gasteiger partial charge in [0.1, 0.15) is 0 Å². The average Bonchev–Trinajstić information content (AvgIpc) is 2.80. The molecule has 154 valence electrons. The summed E-state index contributed by atoms with van der Waals surface area (Å²) in [6, 6.07) is 24.2. The Hall–Kier alpha value is -3.11. The molecule has 30 heavy (non-hydrogen) atoms. The van der Waals surface area contributed by atoms with E-state index in [1.165, 1.54) is 5.56 Å². The van der Waals surface area contributed by atoms with Crippen LogP contribution in [0.5, 0.6) is 0 Å². The van der Waals surface area contributed by atoms with E-state index in [1.54, 1.807) is 7.11 Å². The zero-order valence-corrected chi connectivity index (χ0v) is 17.6. The highest BCUT2D eigenvalue weighted by Crippen LogP contribution is 2.24. The maximum Gasteiger partial charge on any atom is 0.255 e. The van der Waals surface area contributed by atoms with E-state index in [4.69, 9.17) is 4.74 Å². The second kappa shape index (κ2) is 9.14. The highest BCUT2D eigenvalue weighted by atomic mass is 16.5. The predicted molar refractivity (Wildman–Crippen MR) is 123 cm³/mol. The molecule has 0 saturated carbocycles. The van der Waals surface area contributed by atoms with E-state index >= 15 is 0 Å². The molecule has 4 nitrogen and oxygen atoms in total. The quantitative estimate of drug-likeness (QED) is 0.612. The molecular weight excluding hydrogens is 372 g/mol. The predicted octanol–water partition coefficient (Wildman–Crippen LogP) is 5.53. The molecule has 1 heterocycles. The van der Waals surface area contributed by atoms with E-state index in [1.807, 2.05) is 36.4 Å². The molecule has 1 fully saturated rings. The van der Waals surface area contributed by atoms with Crippen LogP contribution < -0.4 is 10.2 Å². The number of nitrogens with zero attached hydrogens (tertiary/aromatic N) is 1.